The first-order valence-corrected chi connectivity index (χ1v) is 9.61. The van der Waals surface area contributed by atoms with Crippen LogP contribution in [0.2, 0.25) is 0 Å². The molecule has 4 nitrogen and oxygen atoms in total. The van der Waals surface area contributed by atoms with Gasteiger partial charge in [0.2, 0.25) is 5.91 Å². The van der Waals surface area contributed by atoms with E-state index in [0.29, 0.717) is 18.2 Å². The molecule has 27 heavy (non-hydrogen) atoms. The van der Waals surface area contributed by atoms with Crippen molar-refractivity contribution >= 4 is 5.91 Å². The molecule has 0 unspecified atom stereocenters. The van der Waals surface area contributed by atoms with Crippen LogP contribution in [0.15, 0.2) is 54.6 Å². The third kappa shape index (κ3) is 5.62. The molecule has 0 bridgehead atoms. The number of piperazine rings is 1. The number of amides is 1. The van der Waals surface area contributed by atoms with Gasteiger partial charge in [-0.2, -0.15) is 0 Å². The number of rotatable bonds is 7. The van der Waals surface area contributed by atoms with E-state index in [4.69, 9.17) is 0 Å². The van der Waals surface area contributed by atoms with E-state index < -0.39 is 0 Å². The van der Waals surface area contributed by atoms with Crippen molar-refractivity contribution in [3.8, 4) is 0 Å². The van der Waals surface area contributed by atoms with Gasteiger partial charge in [0.15, 0.2) is 0 Å². The van der Waals surface area contributed by atoms with Crippen molar-refractivity contribution in [3.63, 3.8) is 0 Å². The Morgan fingerprint density at radius 1 is 1.11 bits per heavy atom. The van der Waals surface area contributed by atoms with E-state index in [0.717, 1.165) is 32.6 Å². The number of halogens is 1. The number of hydrogen-bond acceptors (Lipinski definition) is 3. The first-order valence-electron chi connectivity index (χ1n) is 9.61. The maximum Gasteiger partial charge on any atom is 0.224 e. The van der Waals surface area contributed by atoms with Crippen LogP contribution in [0.4, 0.5) is 4.39 Å². The molecule has 2 aromatic rings. The summed E-state index contributed by atoms with van der Waals surface area (Å²) in [6.45, 7) is 4.65. The van der Waals surface area contributed by atoms with Crippen LogP contribution in [0.25, 0.3) is 0 Å². The molecule has 1 aliphatic heterocycles. The molecule has 1 fully saturated rings. The second-order valence-electron chi connectivity index (χ2n) is 7.20. The monoisotopic (exact) mass is 369 g/mol. The van der Waals surface area contributed by atoms with Crippen LogP contribution in [0.1, 0.15) is 23.6 Å². The zero-order chi connectivity index (χ0) is 19.1. The first kappa shape index (κ1) is 19.5. The second kappa shape index (κ2) is 9.62. The lowest BCUT2D eigenvalue weighted by atomic mass is 10.0. The van der Waals surface area contributed by atoms with Crippen molar-refractivity contribution in [1.82, 2.24) is 15.1 Å². The summed E-state index contributed by atoms with van der Waals surface area (Å²) in [6.07, 6.45) is 0.976. The highest BCUT2D eigenvalue weighted by molar-refractivity contribution is 5.78. The molecule has 0 aromatic heterocycles. The number of carbonyl (C=O) groups is 1. The number of nitrogens with one attached hydrogen (secondary N) is 1. The molecule has 0 spiro atoms. The smallest absolute Gasteiger partial charge is 0.224 e. The third-order valence-electron chi connectivity index (χ3n) is 5.13. The average molecular weight is 369 g/mol. The molecule has 0 saturated carbocycles. The van der Waals surface area contributed by atoms with Gasteiger partial charge in [-0.05, 0) is 30.7 Å². The van der Waals surface area contributed by atoms with Gasteiger partial charge in [-0.25, -0.2) is 4.39 Å². The van der Waals surface area contributed by atoms with Gasteiger partial charge in [0.1, 0.15) is 5.82 Å². The van der Waals surface area contributed by atoms with E-state index in [2.05, 4.69) is 46.4 Å². The molecule has 3 rings (SSSR count). The summed E-state index contributed by atoms with van der Waals surface area (Å²) in [6, 6.07) is 17.4. The fraction of sp³-hybridized carbons (Fsp3) is 0.409. The predicted octanol–water partition coefficient (Wildman–Crippen LogP) is 2.86. The Hall–Kier alpha value is -2.24. The zero-order valence-electron chi connectivity index (χ0n) is 15.9. The maximum absolute atomic E-state index is 13.6. The Kier molecular flexibility index (Phi) is 6.96. The number of nitrogens with zero attached hydrogens (tertiary/aromatic N) is 2. The molecule has 0 aliphatic carbocycles. The van der Waals surface area contributed by atoms with Crippen molar-refractivity contribution in [2.24, 2.45) is 0 Å². The zero-order valence-corrected chi connectivity index (χ0v) is 15.9. The maximum atomic E-state index is 13.6. The predicted molar refractivity (Wildman–Crippen MR) is 106 cm³/mol. The van der Waals surface area contributed by atoms with Crippen LogP contribution in [-0.2, 0) is 11.2 Å². The highest BCUT2D eigenvalue weighted by Crippen LogP contribution is 2.24. The van der Waals surface area contributed by atoms with E-state index in [-0.39, 0.29) is 18.1 Å². The van der Waals surface area contributed by atoms with Crippen LogP contribution in [-0.4, -0.2) is 55.5 Å². The Morgan fingerprint density at radius 3 is 2.63 bits per heavy atom. The van der Waals surface area contributed by atoms with Gasteiger partial charge in [0, 0.05) is 38.8 Å². The van der Waals surface area contributed by atoms with E-state index >= 15 is 0 Å². The summed E-state index contributed by atoms with van der Waals surface area (Å²) in [7, 11) is 2.16. The Labute approximate surface area is 161 Å². The first-order chi connectivity index (χ1) is 13.1. The minimum atomic E-state index is -0.323. The molecule has 1 aliphatic rings. The molecular weight excluding hydrogens is 341 g/mol. The van der Waals surface area contributed by atoms with E-state index in [1.165, 1.54) is 11.6 Å². The average Bonchev–Trinajstić information content (AvgIpc) is 2.68. The van der Waals surface area contributed by atoms with Crippen LogP contribution in [0.5, 0.6) is 0 Å². The van der Waals surface area contributed by atoms with Gasteiger partial charge < -0.3 is 10.2 Å². The fourth-order valence-electron chi connectivity index (χ4n) is 3.60. The van der Waals surface area contributed by atoms with Crippen LogP contribution >= 0.6 is 0 Å². The highest BCUT2D eigenvalue weighted by atomic mass is 19.1. The minimum absolute atomic E-state index is 0.0911. The molecule has 144 valence electrons. The fourth-order valence-corrected chi connectivity index (χ4v) is 3.60. The Balaban J connectivity index is 1.46. The van der Waals surface area contributed by atoms with Gasteiger partial charge in [-0.15, -0.1) is 0 Å². The van der Waals surface area contributed by atoms with Gasteiger partial charge in [-0.3, -0.25) is 9.69 Å². The van der Waals surface area contributed by atoms with Crippen molar-refractivity contribution in [2.45, 2.75) is 18.9 Å². The quantitative estimate of drug-likeness (QED) is 0.763. The standard InChI is InChI=1S/C22H28FN3O/c1-25-14-15-26(21(17-25)18-8-3-2-4-9-18)13-7-12-24-22(27)16-19-10-5-6-11-20(19)23/h2-6,8-11,21H,7,12-17H2,1H3,(H,24,27)/t21-/m0/s1. The molecule has 1 saturated heterocycles. The number of likely N-dealkylation sites (N-methyl/N-ethyl adjacent to an activating group) is 1. The van der Waals surface area contributed by atoms with Crippen LogP contribution in [0.3, 0.4) is 0 Å². The lowest BCUT2D eigenvalue weighted by molar-refractivity contribution is -0.120. The molecule has 2 aromatic carbocycles. The number of benzene rings is 2. The topological polar surface area (TPSA) is 35.6 Å². The van der Waals surface area contributed by atoms with Crippen molar-refractivity contribution in [3.05, 3.63) is 71.5 Å². The van der Waals surface area contributed by atoms with Gasteiger partial charge in [-0.1, -0.05) is 48.5 Å². The normalized spacial score (nSPS) is 18.4. The molecule has 0 radical (unpaired) electrons. The van der Waals surface area contributed by atoms with Crippen LogP contribution in [0, 0.1) is 5.82 Å². The Morgan fingerprint density at radius 2 is 1.85 bits per heavy atom. The summed E-state index contributed by atoms with van der Waals surface area (Å²) in [4.78, 5) is 16.9. The molecular formula is C22H28FN3O. The molecule has 1 amide bonds. The van der Waals surface area contributed by atoms with E-state index in [9.17, 15) is 9.18 Å². The van der Waals surface area contributed by atoms with Crippen molar-refractivity contribution in [2.75, 3.05) is 39.8 Å². The second-order valence-corrected chi connectivity index (χ2v) is 7.20. The van der Waals surface area contributed by atoms with Gasteiger partial charge in [0.25, 0.3) is 0 Å². The van der Waals surface area contributed by atoms with Gasteiger partial charge in [0.05, 0.1) is 6.42 Å². The number of carbonyl (C=O) groups excluding carboxylic acids is 1. The summed E-state index contributed by atoms with van der Waals surface area (Å²) >= 11 is 0. The van der Waals surface area contributed by atoms with Gasteiger partial charge >= 0.3 is 0 Å². The molecule has 5 heteroatoms. The molecule has 1 atom stereocenters. The third-order valence-corrected chi connectivity index (χ3v) is 5.13. The van der Waals surface area contributed by atoms with E-state index in [1.54, 1.807) is 18.2 Å². The lowest BCUT2D eigenvalue weighted by Gasteiger charge is -2.40. The SMILES string of the molecule is CN1CCN(CCCNC(=O)Cc2ccccc2F)[C@H](c2ccccc2)C1. The highest BCUT2D eigenvalue weighted by Gasteiger charge is 2.25. The summed E-state index contributed by atoms with van der Waals surface area (Å²) in [5.74, 6) is -0.450. The minimum Gasteiger partial charge on any atom is -0.356 e. The summed E-state index contributed by atoms with van der Waals surface area (Å²) in [5, 5.41) is 2.92. The Bertz CT molecular complexity index is 737. The van der Waals surface area contributed by atoms with Crippen molar-refractivity contribution in [1.29, 1.82) is 0 Å². The lowest BCUT2D eigenvalue weighted by Crippen LogP contribution is -2.47. The largest absolute Gasteiger partial charge is 0.356 e. The van der Waals surface area contributed by atoms with Crippen LogP contribution < -0.4 is 5.32 Å². The number of hydrogen-bond donors (Lipinski definition) is 1. The summed E-state index contributed by atoms with van der Waals surface area (Å²) < 4.78 is 13.6. The van der Waals surface area contributed by atoms with E-state index in [1.807, 2.05) is 6.07 Å². The van der Waals surface area contributed by atoms with Crippen molar-refractivity contribution < 1.29 is 9.18 Å². The molecule has 1 heterocycles. The summed E-state index contributed by atoms with van der Waals surface area (Å²) in [5.41, 5.74) is 1.78. The molecule has 1 N–H and O–H groups in total.